The normalized spacial score (nSPS) is 12.4. The maximum absolute atomic E-state index is 5.89. The van der Waals surface area contributed by atoms with Gasteiger partial charge in [0.1, 0.15) is 0 Å². The number of hydrogen-bond acceptors (Lipinski definition) is 3. The Morgan fingerprint density at radius 3 is 2.47 bits per heavy atom. The molecular weight excluding hydrogens is 212 g/mol. The van der Waals surface area contributed by atoms with Crippen LogP contribution in [0.4, 0.5) is 5.69 Å². The van der Waals surface area contributed by atoms with Gasteiger partial charge in [0.2, 0.25) is 0 Å². The maximum Gasteiger partial charge on any atom is 0.0793 e. The predicted molar refractivity (Wildman–Crippen MR) is 69.5 cm³/mol. The van der Waals surface area contributed by atoms with E-state index in [0.717, 1.165) is 16.7 Å². The number of ether oxygens (including phenoxy) is 1. The zero-order chi connectivity index (χ0) is 12.3. The molecule has 0 aliphatic heterocycles. The first kappa shape index (κ1) is 11.6. The van der Waals surface area contributed by atoms with Gasteiger partial charge >= 0.3 is 0 Å². The van der Waals surface area contributed by atoms with Crippen LogP contribution in [0, 0.1) is 0 Å². The van der Waals surface area contributed by atoms with Crippen LogP contribution < -0.4 is 5.73 Å². The Morgan fingerprint density at radius 1 is 1.18 bits per heavy atom. The molecule has 1 aromatic carbocycles. The fraction of sp³-hybridized carbons (Fsp3) is 0.214. The molecule has 1 atom stereocenters. The van der Waals surface area contributed by atoms with Crippen molar-refractivity contribution in [1.29, 1.82) is 0 Å². The molecule has 2 rings (SSSR count). The van der Waals surface area contributed by atoms with Crippen LogP contribution in [0.3, 0.4) is 0 Å². The number of methoxy groups -OCH3 is 1. The number of nitrogens with two attached hydrogens (primary N) is 1. The molecule has 88 valence electrons. The molecule has 0 amide bonds. The highest BCUT2D eigenvalue weighted by atomic mass is 16.5. The molecule has 3 nitrogen and oxygen atoms in total. The summed E-state index contributed by atoms with van der Waals surface area (Å²) in [6.45, 7) is 2.02. The number of anilines is 1. The Hall–Kier alpha value is -1.87. The predicted octanol–water partition coefficient (Wildman–Crippen LogP) is 3.04. The zero-order valence-electron chi connectivity index (χ0n) is 10.1. The largest absolute Gasteiger partial charge is 0.397 e. The first-order chi connectivity index (χ1) is 8.22. The van der Waals surface area contributed by atoms with Crippen molar-refractivity contribution >= 4 is 5.69 Å². The summed E-state index contributed by atoms with van der Waals surface area (Å²) in [6, 6.07) is 10.1. The fourth-order valence-corrected chi connectivity index (χ4v) is 1.74. The van der Waals surface area contributed by atoms with Gasteiger partial charge in [0.05, 0.1) is 18.0 Å². The van der Waals surface area contributed by atoms with Crippen molar-refractivity contribution in [3.8, 4) is 11.1 Å². The third-order valence-electron chi connectivity index (χ3n) is 2.90. The van der Waals surface area contributed by atoms with E-state index < -0.39 is 0 Å². The molecule has 0 saturated heterocycles. The van der Waals surface area contributed by atoms with Crippen molar-refractivity contribution in [2.24, 2.45) is 0 Å². The van der Waals surface area contributed by atoms with Gasteiger partial charge < -0.3 is 10.5 Å². The molecule has 0 radical (unpaired) electrons. The number of benzene rings is 1. The van der Waals surface area contributed by atoms with Gasteiger partial charge in [-0.1, -0.05) is 24.3 Å². The maximum atomic E-state index is 5.89. The number of nitrogens with zero attached hydrogens (tertiary/aromatic N) is 1. The highest BCUT2D eigenvalue weighted by molar-refractivity contribution is 5.75. The molecule has 0 fully saturated rings. The van der Waals surface area contributed by atoms with Crippen LogP contribution in [-0.2, 0) is 4.74 Å². The summed E-state index contributed by atoms with van der Waals surface area (Å²) in [7, 11) is 1.71. The molecule has 0 bridgehead atoms. The summed E-state index contributed by atoms with van der Waals surface area (Å²) in [6.07, 6.45) is 3.53. The fourth-order valence-electron chi connectivity index (χ4n) is 1.74. The summed E-state index contributed by atoms with van der Waals surface area (Å²) < 4.78 is 5.27. The average Bonchev–Trinajstić information content (AvgIpc) is 2.39. The van der Waals surface area contributed by atoms with E-state index in [4.69, 9.17) is 10.5 Å². The van der Waals surface area contributed by atoms with Crippen LogP contribution in [0.5, 0.6) is 0 Å². The molecule has 1 aromatic heterocycles. The summed E-state index contributed by atoms with van der Waals surface area (Å²) in [5.41, 5.74) is 9.85. The molecule has 0 saturated carbocycles. The van der Waals surface area contributed by atoms with Gasteiger partial charge in [0.15, 0.2) is 0 Å². The smallest absolute Gasteiger partial charge is 0.0793 e. The van der Waals surface area contributed by atoms with Crippen LogP contribution in [0.2, 0.25) is 0 Å². The number of rotatable bonds is 3. The molecule has 0 aliphatic rings. The zero-order valence-corrected chi connectivity index (χ0v) is 10.1. The lowest BCUT2D eigenvalue weighted by Crippen LogP contribution is -1.95. The van der Waals surface area contributed by atoms with Crippen molar-refractivity contribution in [3.63, 3.8) is 0 Å². The van der Waals surface area contributed by atoms with Gasteiger partial charge in [-0.05, 0) is 24.1 Å². The van der Waals surface area contributed by atoms with E-state index >= 15 is 0 Å². The summed E-state index contributed by atoms with van der Waals surface area (Å²) in [4.78, 5) is 3.98. The lowest BCUT2D eigenvalue weighted by Gasteiger charge is -2.11. The van der Waals surface area contributed by atoms with Crippen LogP contribution in [0.1, 0.15) is 18.6 Å². The number of aromatic nitrogens is 1. The van der Waals surface area contributed by atoms with E-state index in [1.165, 1.54) is 0 Å². The Balaban J connectivity index is 2.33. The van der Waals surface area contributed by atoms with Crippen LogP contribution in [0.15, 0.2) is 42.7 Å². The minimum Gasteiger partial charge on any atom is -0.397 e. The van der Waals surface area contributed by atoms with Gasteiger partial charge in [0.25, 0.3) is 0 Å². The first-order valence-corrected chi connectivity index (χ1v) is 5.55. The Kier molecular flexibility index (Phi) is 3.40. The quantitative estimate of drug-likeness (QED) is 0.878. The summed E-state index contributed by atoms with van der Waals surface area (Å²) in [5, 5.41) is 0. The van der Waals surface area contributed by atoms with Crippen LogP contribution in [-0.4, -0.2) is 12.1 Å². The average molecular weight is 228 g/mol. The van der Waals surface area contributed by atoms with E-state index in [1.807, 2.05) is 13.0 Å². The molecular formula is C14H16N2O. The van der Waals surface area contributed by atoms with E-state index in [9.17, 15) is 0 Å². The highest BCUT2D eigenvalue weighted by Crippen LogP contribution is 2.26. The second-order valence-electron chi connectivity index (χ2n) is 3.96. The number of hydrogen-bond donors (Lipinski definition) is 1. The lowest BCUT2D eigenvalue weighted by atomic mass is 10.0. The number of pyridine rings is 1. The molecule has 2 aromatic rings. The Bertz CT molecular complexity index is 494. The summed E-state index contributed by atoms with van der Waals surface area (Å²) in [5.74, 6) is 0. The molecule has 17 heavy (non-hydrogen) atoms. The van der Waals surface area contributed by atoms with Crippen molar-refractivity contribution in [2.75, 3.05) is 12.8 Å². The SMILES string of the molecule is COC(C)c1ccc(-c2ccncc2N)cc1. The monoisotopic (exact) mass is 228 g/mol. The third kappa shape index (κ3) is 2.45. The van der Waals surface area contributed by atoms with Crippen molar-refractivity contribution in [2.45, 2.75) is 13.0 Å². The Labute approximate surface area is 101 Å². The second kappa shape index (κ2) is 4.97. The van der Waals surface area contributed by atoms with E-state index in [1.54, 1.807) is 19.5 Å². The van der Waals surface area contributed by atoms with Crippen molar-refractivity contribution in [1.82, 2.24) is 4.98 Å². The van der Waals surface area contributed by atoms with Gasteiger partial charge in [-0.3, -0.25) is 4.98 Å². The minimum atomic E-state index is 0.110. The van der Waals surface area contributed by atoms with Gasteiger partial charge in [-0.25, -0.2) is 0 Å². The minimum absolute atomic E-state index is 0.110. The van der Waals surface area contributed by atoms with E-state index in [-0.39, 0.29) is 6.10 Å². The Morgan fingerprint density at radius 2 is 1.88 bits per heavy atom. The topological polar surface area (TPSA) is 48.1 Å². The van der Waals surface area contributed by atoms with Crippen molar-refractivity contribution < 1.29 is 4.74 Å². The van der Waals surface area contributed by atoms with Crippen LogP contribution >= 0.6 is 0 Å². The molecule has 1 heterocycles. The second-order valence-corrected chi connectivity index (χ2v) is 3.96. The van der Waals surface area contributed by atoms with Gasteiger partial charge in [-0.15, -0.1) is 0 Å². The molecule has 1 unspecified atom stereocenters. The molecule has 3 heteroatoms. The van der Waals surface area contributed by atoms with Crippen LogP contribution in [0.25, 0.3) is 11.1 Å². The van der Waals surface area contributed by atoms with Crippen molar-refractivity contribution in [3.05, 3.63) is 48.3 Å². The molecule has 0 aliphatic carbocycles. The highest BCUT2D eigenvalue weighted by Gasteiger charge is 2.05. The lowest BCUT2D eigenvalue weighted by molar-refractivity contribution is 0.119. The van der Waals surface area contributed by atoms with E-state index in [0.29, 0.717) is 5.69 Å². The van der Waals surface area contributed by atoms with Gasteiger partial charge in [0, 0.05) is 18.9 Å². The van der Waals surface area contributed by atoms with E-state index in [2.05, 4.69) is 29.2 Å². The molecule has 2 N–H and O–H groups in total. The third-order valence-corrected chi connectivity index (χ3v) is 2.90. The number of nitrogen functional groups attached to an aromatic ring is 1. The summed E-state index contributed by atoms with van der Waals surface area (Å²) >= 11 is 0. The van der Waals surface area contributed by atoms with Gasteiger partial charge in [-0.2, -0.15) is 0 Å². The first-order valence-electron chi connectivity index (χ1n) is 5.55. The molecule has 0 spiro atoms. The standard InChI is InChI=1S/C14H16N2O/c1-10(17-2)11-3-5-12(6-4-11)13-7-8-16-9-14(13)15/h3-10H,15H2,1-2H3.